The fourth-order valence-electron chi connectivity index (χ4n) is 4.19. The highest BCUT2D eigenvalue weighted by Crippen LogP contribution is 2.19. The number of benzene rings is 1. The first-order valence-electron chi connectivity index (χ1n) is 11.8. The first kappa shape index (κ1) is 26.8. The third-order valence-electron chi connectivity index (χ3n) is 6.11. The minimum atomic E-state index is -1.38. The van der Waals surface area contributed by atoms with Gasteiger partial charge >= 0.3 is 5.97 Å². The number of carboxylic acids is 1. The molecule has 7 N–H and O–H groups in total. The van der Waals surface area contributed by atoms with Crippen LogP contribution in [-0.4, -0.2) is 85.6 Å². The Balaban J connectivity index is 1.72. The Hall–Kier alpha value is -3.77. The first-order valence-corrected chi connectivity index (χ1v) is 11.8. The molecule has 0 radical (unpaired) electrons. The highest BCUT2D eigenvalue weighted by molar-refractivity contribution is 5.94. The number of aromatic amines is 1. The van der Waals surface area contributed by atoms with E-state index in [-0.39, 0.29) is 19.4 Å². The zero-order valence-corrected chi connectivity index (χ0v) is 20.0. The maximum atomic E-state index is 13.3. The Morgan fingerprint density at radius 3 is 2.50 bits per heavy atom. The predicted molar refractivity (Wildman–Crippen MR) is 128 cm³/mol. The van der Waals surface area contributed by atoms with Crippen LogP contribution in [0.25, 0.3) is 0 Å². The van der Waals surface area contributed by atoms with E-state index in [0.717, 1.165) is 5.56 Å². The summed E-state index contributed by atoms with van der Waals surface area (Å²) in [5, 5.41) is 24.8. The second kappa shape index (κ2) is 12.3. The number of rotatable bonds is 11. The van der Waals surface area contributed by atoms with Crippen LogP contribution in [0, 0.1) is 0 Å². The van der Waals surface area contributed by atoms with Crippen molar-refractivity contribution in [2.45, 2.75) is 62.9 Å². The molecule has 0 aliphatic carbocycles. The van der Waals surface area contributed by atoms with E-state index in [2.05, 4.69) is 20.6 Å². The van der Waals surface area contributed by atoms with E-state index in [0.29, 0.717) is 18.5 Å². The third-order valence-corrected chi connectivity index (χ3v) is 6.11. The number of hydrogen-bond acceptors (Lipinski definition) is 7. The number of carbonyl (C=O) groups is 4. The number of imidazole rings is 1. The average Bonchev–Trinajstić information content (AvgIpc) is 3.54. The maximum absolute atomic E-state index is 13.3. The number of carboxylic acid groups (broad SMARTS) is 1. The SMILES string of the molecule is CC(O)C(NC(=O)C(N)Cc1ccccc1)C(=O)NC(Cc1cnc[nH]1)C(=O)N1CCCC1C(=O)O. The summed E-state index contributed by atoms with van der Waals surface area (Å²) in [6.07, 6.45) is 2.70. The number of carbonyl (C=O) groups excluding carboxylic acids is 3. The molecule has 12 heteroatoms. The fraction of sp³-hybridized carbons (Fsp3) is 0.458. The second-order valence-corrected chi connectivity index (χ2v) is 8.89. The van der Waals surface area contributed by atoms with Crippen LogP contribution in [0.1, 0.15) is 31.0 Å². The molecule has 0 bridgehead atoms. The Labute approximate surface area is 208 Å². The standard InChI is InChI=1S/C24H32N6O6/c1-14(31)20(29-21(32)17(25)10-15-6-3-2-4-7-15)22(33)28-18(11-16-12-26-13-27-16)23(34)30-9-5-8-19(30)24(35)36/h2-4,6-7,12-14,17-20,31H,5,8-11,25H2,1H3,(H,26,27)(H,28,33)(H,29,32)(H,35,36). The molecule has 1 aromatic heterocycles. The van der Waals surface area contributed by atoms with Crippen LogP contribution >= 0.6 is 0 Å². The minimum absolute atomic E-state index is 0.0153. The molecule has 2 aromatic rings. The third kappa shape index (κ3) is 6.89. The van der Waals surface area contributed by atoms with Gasteiger partial charge in [0.15, 0.2) is 0 Å². The lowest BCUT2D eigenvalue weighted by atomic mass is 10.0. The number of nitrogens with one attached hydrogen (secondary N) is 3. The topological polar surface area (TPSA) is 191 Å². The Morgan fingerprint density at radius 2 is 1.89 bits per heavy atom. The van der Waals surface area contributed by atoms with Crippen molar-refractivity contribution < 1.29 is 29.4 Å². The summed E-state index contributed by atoms with van der Waals surface area (Å²) in [5.41, 5.74) is 7.39. The molecule has 12 nitrogen and oxygen atoms in total. The molecule has 3 amide bonds. The number of nitrogens with two attached hydrogens (primary N) is 1. The second-order valence-electron chi connectivity index (χ2n) is 8.89. The highest BCUT2D eigenvalue weighted by atomic mass is 16.4. The van der Waals surface area contributed by atoms with Crippen LogP contribution in [0.3, 0.4) is 0 Å². The van der Waals surface area contributed by atoms with Crippen molar-refractivity contribution in [3.63, 3.8) is 0 Å². The zero-order valence-electron chi connectivity index (χ0n) is 20.0. The summed E-state index contributed by atoms with van der Waals surface area (Å²) < 4.78 is 0. The van der Waals surface area contributed by atoms with Gasteiger partial charge in [0.25, 0.3) is 0 Å². The van der Waals surface area contributed by atoms with Gasteiger partial charge < -0.3 is 36.5 Å². The lowest BCUT2D eigenvalue weighted by Crippen LogP contribution is -2.60. The van der Waals surface area contributed by atoms with Crippen molar-refractivity contribution in [2.24, 2.45) is 5.73 Å². The molecule has 1 aliphatic rings. The number of likely N-dealkylation sites (tertiary alicyclic amines) is 1. The Morgan fingerprint density at radius 1 is 1.17 bits per heavy atom. The number of hydrogen-bond donors (Lipinski definition) is 6. The summed E-state index contributed by atoms with van der Waals surface area (Å²) >= 11 is 0. The Bertz CT molecular complexity index is 1040. The summed E-state index contributed by atoms with van der Waals surface area (Å²) in [7, 11) is 0. The van der Waals surface area contributed by atoms with E-state index >= 15 is 0 Å². The first-order chi connectivity index (χ1) is 17.2. The minimum Gasteiger partial charge on any atom is -0.480 e. The van der Waals surface area contributed by atoms with Gasteiger partial charge in [0, 0.05) is 24.9 Å². The van der Waals surface area contributed by atoms with E-state index < -0.39 is 54.0 Å². The molecule has 1 saturated heterocycles. The van der Waals surface area contributed by atoms with E-state index in [1.807, 2.05) is 30.3 Å². The zero-order chi connectivity index (χ0) is 26.2. The molecule has 2 heterocycles. The molecule has 5 atom stereocenters. The predicted octanol–water partition coefficient (Wildman–Crippen LogP) is -1.05. The van der Waals surface area contributed by atoms with E-state index in [1.54, 1.807) is 0 Å². The van der Waals surface area contributed by atoms with Crippen LogP contribution in [0.5, 0.6) is 0 Å². The molecule has 1 aromatic carbocycles. The van der Waals surface area contributed by atoms with Gasteiger partial charge in [-0.2, -0.15) is 0 Å². The summed E-state index contributed by atoms with van der Waals surface area (Å²) in [6, 6.07) is 4.63. The van der Waals surface area contributed by atoms with E-state index in [4.69, 9.17) is 5.73 Å². The van der Waals surface area contributed by atoms with E-state index in [9.17, 15) is 29.4 Å². The van der Waals surface area contributed by atoms with Gasteiger partial charge in [-0.3, -0.25) is 14.4 Å². The van der Waals surface area contributed by atoms with Crippen LogP contribution in [-0.2, 0) is 32.0 Å². The van der Waals surface area contributed by atoms with Gasteiger partial charge in [-0.1, -0.05) is 30.3 Å². The van der Waals surface area contributed by atoms with Crippen molar-refractivity contribution in [3.05, 3.63) is 54.1 Å². The number of aliphatic hydroxyl groups excluding tert-OH is 1. The number of aromatic nitrogens is 2. The van der Waals surface area contributed by atoms with Gasteiger partial charge in [-0.15, -0.1) is 0 Å². The molecule has 1 aliphatic heterocycles. The molecule has 1 fully saturated rings. The van der Waals surface area contributed by atoms with Crippen molar-refractivity contribution in [1.82, 2.24) is 25.5 Å². The number of aliphatic carboxylic acids is 1. The summed E-state index contributed by atoms with van der Waals surface area (Å²) in [5.74, 6) is -3.12. The smallest absolute Gasteiger partial charge is 0.326 e. The van der Waals surface area contributed by atoms with Gasteiger partial charge in [0.1, 0.15) is 18.1 Å². The molecule has 194 valence electrons. The van der Waals surface area contributed by atoms with Gasteiger partial charge in [-0.05, 0) is 31.7 Å². The molecule has 36 heavy (non-hydrogen) atoms. The molecule has 0 spiro atoms. The highest BCUT2D eigenvalue weighted by Gasteiger charge is 2.39. The number of amides is 3. The summed E-state index contributed by atoms with van der Waals surface area (Å²) in [4.78, 5) is 58.7. The fourth-order valence-corrected chi connectivity index (χ4v) is 4.19. The lowest BCUT2D eigenvalue weighted by molar-refractivity contribution is -0.149. The van der Waals surface area contributed by atoms with Crippen molar-refractivity contribution in [1.29, 1.82) is 0 Å². The normalized spacial score (nSPS) is 18.6. The molecule has 5 unspecified atom stereocenters. The molecular formula is C24H32N6O6. The van der Waals surface area contributed by atoms with Crippen molar-refractivity contribution >= 4 is 23.7 Å². The monoisotopic (exact) mass is 500 g/mol. The number of aliphatic hydroxyl groups is 1. The maximum Gasteiger partial charge on any atom is 0.326 e. The van der Waals surface area contributed by atoms with Gasteiger partial charge in [-0.25, -0.2) is 9.78 Å². The Kier molecular flexibility index (Phi) is 9.14. The van der Waals surface area contributed by atoms with Gasteiger partial charge in [0.05, 0.1) is 18.5 Å². The quantitative estimate of drug-likeness (QED) is 0.225. The van der Waals surface area contributed by atoms with Crippen LogP contribution in [0.4, 0.5) is 0 Å². The lowest BCUT2D eigenvalue weighted by Gasteiger charge is -2.29. The van der Waals surface area contributed by atoms with Crippen LogP contribution < -0.4 is 16.4 Å². The van der Waals surface area contributed by atoms with Crippen molar-refractivity contribution in [3.8, 4) is 0 Å². The molecular weight excluding hydrogens is 468 g/mol. The molecule has 0 saturated carbocycles. The summed E-state index contributed by atoms with van der Waals surface area (Å²) in [6.45, 7) is 1.58. The van der Waals surface area contributed by atoms with Crippen molar-refractivity contribution in [2.75, 3.05) is 6.54 Å². The van der Waals surface area contributed by atoms with Gasteiger partial charge in [0.2, 0.25) is 17.7 Å². The average molecular weight is 501 g/mol. The van der Waals surface area contributed by atoms with Crippen LogP contribution in [0.2, 0.25) is 0 Å². The number of nitrogens with zero attached hydrogens (tertiary/aromatic N) is 2. The molecule has 3 rings (SSSR count). The van der Waals surface area contributed by atoms with Crippen LogP contribution in [0.15, 0.2) is 42.9 Å². The largest absolute Gasteiger partial charge is 0.480 e. The van der Waals surface area contributed by atoms with E-state index in [1.165, 1.54) is 24.3 Å². The number of H-pyrrole nitrogens is 1.